The van der Waals surface area contributed by atoms with Gasteiger partial charge < -0.3 is 20.0 Å². The van der Waals surface area contributed by atoms with Crippen LogP contribution < -0.4 is 15.1 Å². The maximum Gasteiger partial charge on any atom is 0.269 e. The highest BCUT2D eigenvalue weighted by Crippen LogP contribution is 2.19. The van der Waals surface area contributed by atoms with Crippen molar-refractivity contribution in [2.45, 2.75) is 0 Å². The summed E-state index contributed by atoms with van der Waals surface area (Å²) in [5.41, 5.74) is 0.511. The SMILES string of the molecule is [2H]C([2H])([2H])N(C(=O)CN1CCNCC1)c1ccc([N+](=O)[O-])cc1.[2H]C([2H])([2H])N1CCN(CC(=O)N(C)c2ccc([N+](=O)[O-])cc2)CC1. The molecule has 4 rings (SSSR count). The summed E-state index contributed by atoms with van der Waals surface area (Å²) in [6.45, 7) is 0.0810. The van der Waals surface area contributed by atoms with E-state index in [1.165, 1.54) is 58.3 Å². The van der Waals surface area contributed by atoms with Crippen molar-refractivity contribution in [2.24, 2.45) is 0 Å². The summed E-state index contributed by atoms with van der Waals surface area (Å²) in [6, 6.07) is 10.7. The van der Waals surface area contributed by atoms with E-state index in [0.717, 1.165) is 18.0 Å². The Kier molecular flexibility index (Phi) is 8.75. The molecule has 2 amide bonds. The van der Waals surface area contributed by atoms with E-state index in [9.17, 15) is 29.8 Å². The third kappa shape index (κ3) is 9.56. The number of likely N-dealkylation sites (N-methyl/N-ethyl adjacent to an activating group) is 3. The third-order valence-corrected chi connectivity index (χ3v) is 6.69. The standard InChI is InChI=1S/C14H20N4O3.C13H18N4O3/c1-15-7-9-17(10-8-15)11-14(19)16(2)12-3-5-13(6-4-12)18(20)21;1-15(11-2-4-12(5-3-11)17(19)20)13(18)10-16-8-6-14-7-9-16/h3-6H,7-11H2,1-2H3;2-5,14H,6-10H2,1H3/i2*1D3. The first kappa shape index (κ1) is 23.7. The van der Waals surface area contributed by atoms with Crippen LogP contribution >= 0.6 is 0 Å². The van der Waals surface area contributed by atoms with Crippen LogP contribution in [-0.4, -0.2) is 123 Å². The smallest absolute Gasteiger partial charge is 0.269 e. The highest BCUT2D eigenvalue weighted by molar-refractivity contribution is 5.95. The van der Waals surface area contributed by atoms with E-state index >= 15 is 0 Å². The second-order valence-corrected chi connectivity index (χ2v) is 9.52. The van der Waals surface area contributed by atoms with Crippen LogP contribution in [0.4, 0.5) is 22.7 Å². The van der Waals surface area contributed by atoms with Crippen LogP contribution in [0.2, 0.25) is 0 Å². The molecule has 2 heterocycles. The lowest BCUT2D eigenvalue weighted by Gasteiger charge is -2.32. The maximum atomic E-state index is 12.4. The summed E-state index contributed by atoms with van der Waals surface area (Å²) < 4.78 is 44.9. The van der Waals surface area contributed by atoms with E-state index in [4.69, 9.17) is 8.22 Å². The molecule has 14 nitrogen and oxygen atoms in total. The second-order valence-electron chi connectivity index (χ2n) is 9.52. The first-order chi connectivity index (χ1) is 22.0. The van der Waals surface area contributed by atoms with Crippen molar-refractivity contribution in [2.75, 3.05) is 96.2 Å². The number of benzene rings is 2. The van der Waals surface area contributed by atoms with Crippen LogP contribution in [0.15, 0.2) is 48.5 Å². The van der Waals surface area contributed by atoms with Gasteiger partial charge in [0, 0.05) is 110 Å². The Bertz CT molecular complexity index is 1380. The van der Waals surface area contributed by atoms with Crippen LogP contribution in [0.25, 0.3) is 0 Å². The minimum Gasteiger partial charge on any atom is -0.314 e. The van der Waals surface area contributed by atoms with Crippen molar-refractivity contribution in [3.05, 3.63) is 68.8 Å². The molecule has 0 radical (unpaired) electrons. The fourth-order valence-electron chi connectivity index (χ4n) is 4.14. The predicted octanol–water partition coefficient (Wildman–Crippen LogP) is 1.27. The van der Waals surface area contributed by atoms with E-state index in [1.54, 1.807) is 7.05 Å². The number of anilines is 2. The highest BCUT2D eigenvalue weighted by atomic mass is 16.6. The molecule has 0 bridgehead atoms. The van der Waals surface area contributed by atoms with Gasteiger partial charge in [0.2, 0.25) is 11.8 Å². The molecule has 0 saturated carbocycles. The van der Waals surface area contributed by atoms with Gasteiger partial charge in [0.25, 0.3) is 11.4 Å². The number of nitro groups is 2. The molecule has 0 aromatic heterocycles. The Balaban J connectivity index is 0.000000256. The highest BCUT2D eigenvalue weighted by Gasteiger charge is 2.20. The molecular weight excluding hydrogens is 532 g/mol. The van der Waals surface area contributed by atoms with Crippen LogP contribution in [0.5, 0.6) is 0 Å². The average molecular weight is 577 g/mol. The lowest BCUT2D eigenvalue weighted by molar-refractivity contribution is -0.385. The summed E-state index contributed by atoms with van der Waals surface area (Å²) in [5, 5.41) is 24.5. The van der Waals surface area contributed by atoms with Crippen molar-refractivity contribution < 1.29 is 27.7 Å². The summed E-state index contributed by atoms with van der Waals surface area (Å²) in [4.78, 5) is 52.4. The fourth-order valence-corrected chi connectivity index (χ4v) is 4.14. The summed E-state index contributed by atoms with van der Waals surface area (Å²) in [7, 11) is 1.61. The van der Waals surface area contributed by atoms with Crippen LogP contribution in [-0.2, 0) is 9.59 Å². The number of carbonyl (C=O) groups is 2. The minimum absolute atomic E-state index is 0.00292. The first-order valence-corrected chi connectivity index (χ1v) is 13.0. The number of amides is 2. The molecule has 2 aliphatic rings. The number of non-ortho nitro benzene ring substituents is 2. The van der Waals surface area contributed by atoms with E-state index in [1.807, 2.05) is 9.80 Å². The zero-order valence-electron chi connectivity index (χ0n) is 28.8. The molecular formula is C27H38N8O6. The Morgan fingerprint density at radius 2 is 1.22 bits per heavy atom. The van der Waals surface area contributed by atoms with Gasteiger partial charge in [-0.25, -0.2) is 0 Å². The van der Waals surface area contributed by atoms with E-state index in [0.29, 0.717) is 45.0 Å². The van der Waals surface area contributed by atoms with Crippen LogP contribution in [0, 0.1) is 20.2 Å². The predicted molar refractivity (Wildman–Crippen MR) is 156 cm³/mol. The average Bonchev–Trinajstić information content (AvgIpc) is 3.01. The lowest BCUT2D eigenvalue weighted by Crippen LogP contribution is -2.48. The van der Waals surface area contributed by atoms with E-state index < -0.39 is 29.7 Å². The quantitative estimate of drug-likeness (QED) is 0.360. The molecule has 0 aliphatic carbocycles. The largest absolute Gasteiger partial charge is 0.314 e. The number of hydrogen-bond donors (Lipinski definition) is 1. The van der Waals surface area contributed by atoms with Crippen molar-refractivity contribution in [1.82, 2.24) is 20.0 Å². The Morgan fingerprint density at radius 3 is 1.66 bits per heavy atom. The zero-order chi connectivity index (χ0) is 34.9. The van der Waals surface area contributed by atoms with Gasteiger partial charge in [0.05, 0.1) is 22.9 Å². The summed E-state index contributed by atoms with van der Waals surface area (Å²) >= 11 is 0. The van der Waals surface area contributed by atoms with Gasteiger partial charge in [0.1, 0.15) is 0 Å². The zero-order valence-corrected chi connectivity index (χ0v) is 22.8. The maximum absolute atomic E-state index is 12.4. The van der Waals surface area contributed by atoms with Crippen molar-refractivity contribution >= 4 is 34.6 Å². The van der Waals surface area contributed by atoms with Crippen molar-refractivity contribution in [3.63, 3.8) is 0 Å². The number of rotatable bonds is 8. The molecule has 2 saturated heterocycles. The van der Waals surface area contributed by atoms with Crippen molar-refractivity contribution in [3.8, 4) is 0 Å². The fraction of sp³-hybridized carbons (Fsp3) is 0.481. The van der Waals surface area contributed by atoms with E-state index in [-0.39, 0.29) is 36.1 Å². The topological polar surface area (TPSA) is 149 Å². The van der Waals surface area contributed by atoms with Crippen molar-refractivity contribution in [1.29, 1.82) is 0 Å². The molecule has 2 aromatic carbocycles. The summed E-state index contributed by atoms with van der Waals surface area (Å²) in [5.74, 6) is -0.702. The van der Waals surface area contributed by atoms with Gasteiger partial charge in [-0.3, -0.25) is 39.6 Å². The lowest BCUT2D eigenvalue weighted by atomic mass is 10.2. The monoisotopic (exact) mass is 576 g/mol. The van der Waals surface area contributed by atoms with Gasteiger partial charge in [-0.05, 0) is 31.2 Å². The number of carbonyl (C=O) groups excluding carboxylic acids is 2. The summed E-state index contributed by atoms with van der Waals surface area (Å²) in [6.07, 6.45) is 0. The molecule has 2 aliphatic heterocycles. The Labute approximate surface area is 247 Å². The van der Waals surface area contributed by atoms with Gasteiger partial charge in [-0.1, -0.05) is 0 Å². The minimum atomic E-state index is -2.65. The molecule has 0 unspecified atom stereocenters. The molecule has 1 N–H and O–H groups in total. The number of nitro benzene ring substituents is 2. The van der Waals surface area contributed by atoms with Gasteiger partial charge >= 0.3 is 0 Å². The first-order valence-electron chi connectivity index (χ1n) is 16.0. The van der Waals surface area contributed by atoms with Gasteiger partial charge in [-0.2, -0.15) is 0 Å². The molecule has 2 aromatic rings. The van der Waals surface area contributed by atoms with Crippen LogP contribution in [0.1, 0.15) is 8.22 Å². The molecule has 0 spiro atoms. The molecule has 2 fully saturated rings. The van der Waals surface area contributed by atoms with Gasteiger partial charge in [-0.15, -0.1) is 0 Å². The number of nitrogens with zero attached hydrogens (tertiary/aromatic N) is 7. The third-order valence-electron chi connectivity index (χ3n) is 6.69. The molecule has 14 heteroatoms. The van der Waals surface area contributed by atoms with E-state index in [2.05, 4.69) is 5.32 Å². The molecule has 222 valence electrons. The molecule has 41 heavy (non-hydrogen) atoms. The second kappa shape index (κ2) is 15.1. The Hall–Kier alpha value is -3.98. The van der Waals surface area contributed by atoms with Crippen LogP contribution in [0.3, 0.4) is 0 Å². The number of piperazine rings is 2. The molecule has 0 atom stereocenters. The number of hydrogen-bond acceptors (Lipinski definition) is 10. The van der Waals surface area contributed by atoms with Gasteiger partial charge in [0.15, 0.2) is 0 Å². The Morgan fingerprint density at radius 1 is 0.780 bits per heavy atom. The normalized spacial score (nSPS) is 19.0. The number of nitrogens with one attached hydrogen (secondary N) is 1.